The zero-order valence-corrected chi connectivity index (χ0v) is 13.7. The quantitative estimate of drug-likeness (QED) is 0.733. The highest BCUT2D eigenvalue weighted by Crippen LogP contribution is 2.16. The Bertz CT molecular complexity index is 613. The van der Waals surface area contributed by atoms with Crippen molar-refractivity contribution in [3.63, 3.8) is 0 Å². The molecule has 0 aliphatic heterocycles. The fourth-order valence-electron chi connectivity index (χ4n) is 1.90. The number of carbonyl (C=O) groups excluding carboxylic acids is 1. The molecule has 5 nitrogen and oxygen atoms in total. The monoisotopic (exact) mass is 319 g/mol. The largest absolute Gasteiger partial charge is 0.487 e. The molecule has 0 aliphatic rings. The predicted octanol–water partition coefficient (Wildman–Crippen LogP) is 2.37. The Hall–Kier alpha value is -1.92. The predicted molar refractivity (Wildman–Crippen MR) is 88.5 cm³/mol. The maximum absolute atomic E-state index is 12.0. The molecule has 0 saturated carbocycles. The van der Waals surface area contributed by atoms with Crippen molar-refractivity contribution in [3.8, 4) is 5.75 Å². The second kappa shape index (κ2) is 8.51. The lowest BCUT2D eigenvalue weighted by molar-refractivity contribution is 0.0953. The van der Waals surface area contributed by atoms with Crippen LogP contribution < -0.4 is 15.4 Å². The van der Waals surface area contributed by atoms with Gasteiger partial charge >= 0.3 is 0 Å². The van der Waals surface area contributed by atoms with Crippen molar-refractivity contribution in [2.45, 2.75) is 20.5 Å². The summed E-state index contributed by atoms with van der Waals surface area (Å²) in [7, 11) is 0. The van der Waals surface area contributed by atoms with Gasteiger partial charge in [0, 0.05) is 24.0 Å². The fourth-order valence-corrected chi connectivity index (χ4v) is 2.50. The Balaban J connectivity index is 1.87. The highest BCUT2D eigenvalue weighted by atomic mass is 32.1. The van der Waals surface area contributed by atoms with Crippen molar-refractivity contribution in [2.24, 2.45) is 0 Å². The lowest BCUT2D eigenvalue weighted by Gasteiger charge is -2.08. The van der Waals surface area contributed by atoms with Crippen LogP contribution in [0.25, 0.3) is 0 Å². The standard InChI is InChI=1S/C16H21N3O2S/c1-3-17-7-8-18-16(20)13-5-4-6-15(9-13)21-10-14-11-22-12(2)19-14/h4-6,9,11,17H,3,7-8,10H2,1-2H3,(H,18,20). The molecule has 0 aliphatic carbocycles. The Labute approximate surface area is 134 Å². The second-order valence-electron chi connectivity index (χ2n) is 4.78. The fraction of sp³-hybridized carbons (Fsp3) is 0.375. The van der Waals surface area contributed by atoms with E-state index in [1.807, 2.05) is 31.4 Å². The van der Waals surface area contributed by atoms with E-state index in [1.54, 1.807) is 23.5 Å². The molecule has 22 heavy (non-hydrogen) atoms. The van der Waals surface area contributed by atoms with Crippen LogP contribution in [-0.4, -0.2) is 30.5 Å². The first kappa shape index (κ1) is 16.5. The normalized spacial score (nSPS) is 10.5. The van der Waals surface area contributed by atoms with Crippen molar-refractivity contribution in [2.75, 3.05) is 19.6 Å². The van der Waals surface area contributed by atoms with E-state index in [0.717, 1.165) is 23.8 Å². The second-order valence-corrected chi connectivity index (χ2v) is 5.85. The molecule has 118 valence electrons. The van der Waals surface area contributed by atoms with Crippen molar-refractivity contribution in [1.82, 2.24) is 15.6 Å². The highest BCUT2D eigenvalue weighted by Gasteiger charge is 2.06. The van der Waals surface area contributed by atoms with Crippen LogP contribution in [-0.2, 0) is 6.61 Å². The Morgan fingerprint density at radius 3 is 2.95 bits per heavy atom. The molecule has 0 atom stereocenters. The molecule has 2 N–H and O–H groups in total. The van der Waals surface area contributed by atoms with Crippen LogP contribution in [0.4, 0.5) is 0 Å². The number of hydrogen-bond acceptors (Lipinski definition) is 5. The number of carbonyl (C=O) groups is 1. The molecule has 0 saturated heterocycles. The van der Waals surface area contributed by atoms with Crippen molar-refractivity contribution in [1.29, 1.82) is 0 Å². The number of amides is 1. The summed E-state index contributed by atoms with van der Waals surface area (Å²) >= 11 is 1.60. The van der Waals surface area contributed by atoms with Gasteiger partial charge in [0.15, 0.2) is 0 Å². The Morgan fingerprint density at radius 1 is 1.36 bits per heavy atom. The summed E-state index contributed by atoms with van der Waals surface area (Å²) < 4.78 is 5.69. The SMILES string of the molecule is CCNCCNC(=O)c1cccc(OCc2csc(C)n2)c1. The van der Waals surface area contributed by atoms with Gasteiger partial charge in [0.2, 0.25) is 0 Å². The molecule has 1 aromatic carbocycles. The Kier molecular flexibility index (Phi) is 6.36. The number of benzene rings is 1. The average molecular weight is 319 g/mol. The third-order valence-electron chi connectivity index (χ3n) is 2.99. The molecule has 0 spiro atoms. The number of nitrogens with zero attached hydrogens (tertiary/aromatic N) is 1. The number of rotatable bonds is 8. The van der Waals surface area contributed by atoms with Gasteiger partial charge in [-0.15, -0.1) is 11.3 Å². The van der Waals surface area contributed by atoms with Crippen molar-refractivity contribution in [3.05, 3.63) is 45.9 Å². The van der Waals surface area contributed by atoms with Crippen molar-refractivity contribution < 1.29 is 9.53 Å². The van der Waals surface area contributed by atoms with Gasteiger partial charge in [-0.2, -0.15) is 0 Å². The lowest BCUT2D eigenvalue weighted by Crippen LogP contribution is -2.31. The third-order valence-corrected chi connectivity index (χ3v) is 3.81. The summed E-state index contributed by atoms with van der Waals surface area (Å²) in [6, 6.07) is 7.19. The summed E-state index contributed by atoms with van der Waals surface area (Å²) in [5.74, 6) is 0.581. The van der Waals surface area contributed by atoms with Crippen LogP contribution in [0.15, 0.2) is 29.6 Å². The summed E-state index contributed by atoms with van der Waals surface area (Å²) in [4.78, 5) is 16.4. The highest BCUT2D eigenvalue weighted by molar-refractivity contribution is 7.09. The smallest absolute Gasteiger partial charge is 0.251 e. The molecule has 1 aromatic heterocycles. The van der Waals surface area contributed by atoms with Gasteiger partial charge in [-0.05, 0) is 31.7 Å². The third kappa shape index (κ3) is 5.13. The average Bonchev–Trinajstić information content (AvgIpc) is 2.95. The van der Waals surface area contributed by atoms with E-state index in [2.05, 4.69) is 15.6 Å². The molecule has 0 bridgehead atoms. The van der Waals surface area contributed by atoms with Crippen molar-refractivity contribution >= 4 is 17.2 Å². The van der Waals surface area contributed by atoms with Crippen LogP contribution in [0.3, 0.4) is 0 Å². The number of nitrogens with one attached hydrogen (secondary N) is 2. The van der Waals surface area contributed by atoms with Gasteiger partial charge in [-0.25, -0.2) is 4.98 Å². The van der Waals surface area contributed by atoms with Gasteiger partial charge in [0.1, 0.15) is 12.4 Å². The van der Waals surface area contributed by atoms with Gasteiger partial charge in [-0.1, -0.05) is 13.0 Å². The molecule has 0 fully saturated rings. The number of ether oxygens (including phenoxy) is 1. The first-order valence-corrected chi connectivity index (χ1v) is 8.19. The van der Waals surface area contributed by atoms with Gasteiger partial charge in [0.05, 0.1) is 10.7 Å². The number of aromatic nitrogens is 1. The molecule has 2 rings (SSSR count). The molecule has 6 heteroatoms. The molecule has 1 heterocycles. The molecular formula is C16H21N3O2S. The minimum absolute atomic E-state index is 0.0899. The molecular weight excluding hydrogens is 298 g/mol. The zero-order chi connectivity index (χ0) is 15.8. The first-order valence-electron chi connectivity index (χ1n) is 7.32. The molecule has 0 radical (unpaired) electrons. The van der Waals surface area contributed by atoms with E-state index in [9.17, 15) is 4.79 Å². The minimum atomic E-state index is -0.0899. The minimum Gasteiger partial charge on any atom is -0.487 e. The molecule has 1 amide bonds. The molecule has 2 aromatic rings. The van der Waals surface area contributed by atoms with E-state index < -0.39 is 0 Å². The number of hydrogen-bond donors (Lipinski definition) is 2. The number of thiazole rings is 1. The van der Waals surface area contributed by atoms with Gasteiger partial charge in [-0.3, -0.25) is 4.79 Å². The van der Waals surface area contributed by atoms with Crippen LogP contribution in [0, 0.1) is 6.92 Å². The number of likely N-dealkylation sites (N-methyl/N-ethyl adjacent to an activating group) is 1. The Morgan fingerprint density at radius 2 is 2.23 bits per heavy atom. The van der Waals surface area contributed by atoms with Crippen LogP contribution in [0.2, 0.25) is 0 Å². The van der Waals surface area contributed by atoms with E-state index in [4.69, 9.17) is 4.74 Å². The maximum atomic E-state index is 12.0. The summed E-state index contributed by atoms with van der Waals surface area (Å²) in [6.45, 7) is 6.68. The topological polar surface area (TPSA) is 63.2 Å². The van der Waals surface area contributed by atoms with Gasteiger partial charge < -0.3 is 15.4 Å². The van der Waals surface area contributed by atoms with Crippen LogP contribution >= 0.6 is 11.3 Å². The summed E-state index contributed by atoms with van der Waals surface area (Å²) in [5, 5.41) is 9.03. The summed E-state index contributed by atoms with van der Waals surface area (Å²) in [5.41, 5.74) is 1.51. The lowest BCUT2D eigenvalue weighted by atomic mass is 10.2. The van der Waals surface area contributed by atoms with Crippen LogP contribution in [0.1, 0.15) is 28.0 Å². The van der Waals surface area contributed by atoms with Crippen LogP contribution in [0.5, 0.6) is 5.75 Å². The maximum Gasteiger partial charge on any atom is 0.251 e. The van der Waals surface area contributed by atoms with Gasteiger partial charge in [0.25, 0.3) is 5.91 Å². The van der Waals surface area contributed by atoms with E-state index in [0.29, 0.717) is 24.5 Å². The first-order chi connectivity index (χ1) is 10.7. The molecule has 0 unspecified atom stereocenters. The van der Waals surface area contributed by atoms with E-state index in [1.165, 1.54) is 0 Å². The number of aryl methyl sites for hydroxylation is 1. The summed E-state index contributed by atoms with van der Waals surface area (Å²) in [6.07, 6.45) is 0. The van der Waals surface area contributed by atoms with E-state index >= 15 is 0 Å². The zero-order valence-electron chi connectivity index (χ0n) is 12.9. The van der Waals surface area contributed by atoms with E-state index in [-0.39, 0.29) is 5.91 Å².